The molecular formula is C14H23ClN2O3S. The average Bonchev–Trinajstić information content (AvgIpc) is 2.41. The minimum atomic E-state index is -3.10. The lowest BCUT2D eigenvalue weighted by atomic mass is 10.2. The highest BCUT2D eigenvalue weighted by molar-refractivity contribution is 7.88. The predicted octanol–water partition coefficient (Wildman–Crippen LogP) is 2.11. The van der Waals surface area contributed by atoms with Gasteiger partial charge in [-0.2, -0.15) is 0 Å². The summed E-state index contributed by atoms with van der Waals surface area (Å²) in [5, 5.41) is 3.94. The zero-order chi connectivity index (χ0) is 15.9. The summed E-state index contributed by atoms with van der Waals surface area (Å²) in [5.41, 5.74) is 0.987. The summed E-state index contributed by atoms with van der Waals surface area (Å²) in [4.78, 5) is 0. The van der Waals surface area contributed by atoms with Crippen LogP contribution in [0.3, 0.4) is 0 Å². The van der Waals surface area contributed by atoms with Crippen molar-refractivity contribution >= 4 is 21.6 Å². The van der Waals surface area contributed by atoms with E-state index in [1.165, 1.54) is 10.6 Å². The maximum atomic E-state index is 11.4. The quantitative estimate of drug-likeness (QED) is 0.703. The number of hydrogen-bond acceptors (Lipinski definition) is 4. The molecule has 0 atom stereocenters. The molecule has 0 bridgehead atoms. The van der Waals surface area contributed by atoms with E-state index in [0.717, 1.165) is 24.3 Å². The lowest BCUT2D eigenvalue weighted by Gasteiger charge is -2.17. The van der Waals surface area contributed by atoms with Crippen molar-refractivity contribution in [1.29, 1.82) is 0 Å². The van der Waals surface area contributed by atoms with Crippen LogP contribution >= 0.6 is 11.6 Å². The van der Waals surface area contributed by atoms with Crippen LogP contribution in [0.15, 0.2) is 18.2 Å². The molecule has 0 amide bonds. The molecule has 1 aromatic rings. The Hall–Kier alpha value is -0.820. The van der Waals surface area contributed by atoms with Gasteiger partial charge in [0.25, 0.3) is 0 Å². The Bertz CT molecular complexity index is 549. The van der Waals surface area contributed by atoms with Crippen LogP contribution < -0.4 is 10.1 Å². The molecule has 0 saturated heterocycles. The summed E-state index contributed by atoms with van der Waals surface area (Å²) in [5.74, 6) is 0.790. The van der Waals surface area contributed by atoms with Crippen LogP contribution in [0.25, 0.3) is 0 Å². The lowest BCUT2D eigenvalue weighted by molar-refractivity contribution is 0.404. The highest BCUT2D eigenvalue weighted by Crippen LogP contribution is 2.22. The second-order valence-electron chi connectivity index (χ2n) is 4.74. The van der Waals surface area contributed by atoms with Gasteiger partial charge in [-0.3, -0.25) is 0 Å². The second kappa shape index (κ2) is 8.58. The van der Waals surface area contributed by atoms with Crippen LogP contribution in [0.4, 0.5) is 0 Å². The van der Waals surface area contributed by atoms with Gasteiger partial charge in [0.1, 0.15) is 5.75 Å². The number of nitrogens with one attached hydrogen (secondary N) is 1. The highest BCUT2D eigenvalue weighted by Gasteiger charge is 2.13. The molecule has 1 aromatic carbocycles. The van der Waals surface area contributed by atoms with Gasteiger partial charge in [0.05, 0.1) is 13.4 Å². The largest absolute Gasteiger partial charge is 0.496 e. The highest BCUT2D eigenvalue weighted by atomic mass is 35.5. The van der Waals surface area contributed by atoms with Crippen molar-refractivity contribution in [3.8, 4) is 5.75 Å². The van der Waals surface area contributed by atoms with Crippen LogP contribution in [0.2, 0.25) is 5.02 Å². The third kappa shape index (κ3) is 6.22. The molecule has 5 nitrogen and oxygen atoms in total. The van der Waals surface area contributed by atoms with Crippen LogP contribution in [0.1, 0.15) is 18.9 Å². The fraction of sp³-hybridized carbons (Fsp3) is 0.571. The van der Waals surface area contributed by atoms with Crippen molar-refractivity contribution in [1.82, 2.24) is 9.62 Å². The first-order valence-corrected chi connectivity index (χ1v) is 9.09. The molecule has 0 fully saturated rings. The molecule has 0 aliphatic carbocycles. The van der Waals surface area contributed by atoms with E-state index < -0.39 is 10.0 Å². The summed E-state index contributed by atoms with van der Waals surface area (Å²) >= 11 is 5.97. The topological polar surface area (TPSA) is 58.6 Å². The SMILES string of the molecule is CCN(CCCNCc1cc(Cl)ccc1OC)S(C)(=O)=O. The number of hydrogen-bond donors (Lipinski definition) is 1. The molecule has 0 radical (unpaired) electrons. The number of rotatable bonds is 9. The molecule has 0 aliphatic heterocycles. The van der Waals surface area contributed by atoms with Crippen molar-refractivity contribution in [2.24, 2.45) is 0 Å². The zero-order valence-corrected chi connectivity index (χ0v) is 14.3. The van der Waals surface area contributed by atoms with Crippen LogP contribution in [-0.4, -0.2) is 45.7 Å². The molecule has 0 aromatic heterocycles. The summed E-state index contributed by atoms with van der Waals surface area (Å²) in [6.45, 7) is 4.22. The maximum absolute atomic E-state index is 11.4. The van der Waals surface area contributed by atoms with Gasteiger partial charge >= 0.3 is 0 Å². The molecule has 1 N–H and O–H groups in total. The number of nitrogens with zero attached hydrogens (tertiary/aromatic N) is 1. The van der Waals surface area contributed by atoms with Gasteiger partial charge in [-0.1, -0.05) is 18.5 Å². The van der Waals surface area contributed by atoms with E-state index in [0.29, 0.717) is 24.7 Å². The molecule has 0 saturated carbocycles. The third-order valence-electron chi connectivity index (χ3n) is 3.14. The summed E-state index contributed by atoms with van der Waals surface area (Å²) in [6.07, 6.45) is 1.99. The van der Waals surface area contributed by atoms with E-state index in [4.69, 9.17) is 16.3 Å². The van der Waals surface area contributed by atoms with E-state index in [1.54, 1.807) is 13.2 Å². The maximum Gasteiger partial charge on any atom is 0.211 e. The first kappa shape index (κ1) is 18.2. The molecule has 7 heteroatoms. The Labute approximate surface area is 132 Å². The van der Waals surface area contributed by atoms with E-state index in [-0.39, 0.29) is 0 Å². The van der Waals surface area contributed by atoms with Crippen molar-refractivity contribution in [3.05, 3.63) is 28.8 Å². The molecule has 0 spiro atoms. The fourth-order valence-corrected chi connectivity index (χ4v) is 3.17. The Morgan fingerprint density at radius 2 is 2.10 bits per heavy atom. The Balaban J connectivity index is 2.40. The van der Waals surface area contributed by atoms with Crippen LogP contribution in [-0.2, 0) is 16.6 Å². The molecule has 1 rings (SSSR count). The molecule has 120 valence electrons. The molecule has 0 heterocycles. The minimum Gasteiger partial charge on any atom is -0.496 e. The Morgan fingerprint density at radius 3 is 2.67 bits per heavy atom. The van der Waals surface area contributed by atoms with Crippen molar-refractivity contribution in [3.63, 3.8) is 0 Å². The van der Waals surface area contributed by atoms with E-state index in [1.807, 2.05) is 19.1 Å². The van der Waals surface area contributed by atoms with E-state index in [2.05, 4.69) is 5.32 Å². The van der Waals surface area contributed by atoms with Gasteiger partial charge in [0.2, 0.25) is 10.0 Å². The zero-order valence-electron chi connectivity index (χ0n) is 12.7. The lowest BCUT2D eigenvalue weighted by Crippen LogP contribution is -2.32. The molecule has 21 heavy (non-hydrogen) atoms. The number of ether oxygens (including phenoxy) is 1. The minimum absolute atomic E-state index is 0.501. The van der Waals surface area contributed by atoms with Gasteiger partial charge in [-0.05, 0) is 31.2 Å². The Morgan fingerprint density at radius 1 is 1.38 bits per heavy atom. The van der Waals surface area contributed by atoms with Gasteiger partial charge in [-0.15, -0.1) is 0 Å². The summed E-state index contributed by atoms with van der Waals surface area (Å²) in [6, 6.07) is 5.49. The summed E-state index contributed by atoms with van der Waals surface area (Å²) < 4.78 is 29.6. The smallest absolute Gasteiger partial charge is 0.211 e. The molecule has 0 unspecified atom stereocenters. The van der Waals surface area contributed by atoms with Gasteiger partial charge < -0.3 is 10.1 Å². The van der Waals surface area contributed by atoms with Crippen LogP contribution in [0.5, 0.6) is 5.75 Å². The standard InChI is InChI=1S/C14H23ClN2O3S/c1-4-17(21(3,18)19)9-5-8-16-11-12-10-13(15)6-7-14(12)20-2/h6-7,10,16H,4-5,8-9,11H2,1-3H3. The second-order valence-corrected chi connectivity index (χ2v) is 7.16. The average molecular weight is 335 g/mol. The van der Waals surface area contributed by atoms with Gasteiger partial charge in [0, 0.05) is 30.2 Å². The first-order valence-electron chi connectivity index (χ1n) is 6.86. The molecular weight excluding hydrogens is 312 g/mol. The number of sulfonamides is 1. The first-order chi connectivity index (χ1) is 9.88. The number of methoxy groups -OCH3 is 1. The van der Waals surface area contributed by atoms with Crippen molar-refractivity contribution in [2.45, 2.75) is 19.9 Å². The Kier molecular flexibility index (Phi) is 7.45. The number of halogens is 1. The van der Waals surface area contributed by atoms with Crippen molar-refractivity contribution in [2.75, 3.05) is 33.0 Å². The van der Waals surface area contributed by atoms with Gasteiger partial charge in [-0.25, -0.2) is 12.7 Å². The normalized spacial score (nSPS) is 11.9. The van der Waals surface area contributed by atoms with Crippen molar-refractivity contribution < 1.29 is 13.2 Å². The monoisotopic (exact) mass is 334 g/mol. The predicted molar refractivity (Wildman–Crippen MR) is 86.4 cm³/mol. The third-order valence-corrected chi connectivity index (χ3v) is 4.75. The fourth-order valence-electron chi connectivity index (χ4n) is 2.05. The van der Waals surface area contributed by atoms with Gasteiger partial charge in [0.15, 0.2) is 0 Å². The van der Waals surface area contributed by atoms with E-state index >= 15 is 0 Å². The number of benzene rings is 1. The van der Waals surface area contributed by atoms with E-state index in [9.17, 15) is 8.42 Å². The van der Waals surface area contributed by atoms with Crippen LogP contribution in [0, 0.1) is 0 Å². The molecule has 0 aliphatic rings. The summed E-state index contributed by atoms with van der Waals surface area (Å²) in [7, 11) is -1.48.